The van der Waals surface area contributed by atoms with E-state index in [0.717, 1.165) is 23.9 Å². The quantitative estimate of drug-likeness (QED) is 0.249. The Balaban J connectivity index is 1.52. The number of fused-ring (bicyclic) bond motifs is 2. The molecule has 1 aromatic carbocycles. The van der Waals surface area contributed by atoms with Crippen molar-refractivity contribution in [3.63, 3.8) is 0 Å². The normalized spacial score (nSPS) is 27.5. The number of carbonyl (C=O) groups excluding carboxylic acids is 3. The molecule has 0 aliphatic carbocycles. The maximum atomic E-state index is 14.7. The zero-order valence-corrected chi connectivity index (χ0v) is 25.4. The minimum Gasteiger partial charge on any atom is -0.396 e. The van der Waals surface area contributed by atoms with Crippen molar-refractivity contribution in [2.45, 2.75) is 75.8 Å². The number of aliphatic hydroxyl groups excluding tert-OH is 1. The first-order valence-corrected chi connectivity index (χ1v) is 15.4. The standard InChI is InChI=1S/C32H44N6O5/c1-5-18-35(4)28(40)25-26-29(41)37(20-12-8-9-13-21-39)27(32(26)17-16-31(25,7-3)43-32)30(42)36(19-6-2)22-38-24-15-11-10-14-23(24)33-34-38/h5-6,10-11,14-15,25-27,39H,1-2,7-9,12-13,16-22H2,3-4H3/t25-,26-,27?,31+,32?/m0/s1. The van der Waals surface area contributed by atoms with E-state index < -0.39 is 29.1 Å². The molecule has 0 radical (unpaired) electrons. The van der Waals surface area contributed by atoms with Crippen molar-refractivity contribution in [1.82, 2.24) is 29.7 Å². The largest absolute Gasteiger partial charge is 0.396 e. The number of aliphatic hydroxyl groups is 1. The van der Waals surface area contributed by atoms with Crippen molar-refractivity contribution >= 4 is 28.8 Å². The summed E-state index contributed by atoms with van der Waals surface area (Å²) in [6.45, 7) is 10.9. The van der Waals surface area contributed by atoms with E-state index in [1.165, 1.54) is 0 Å². The maximum absolute atomic E-state index is 14.7. The van der Waals surface area contributed by atoms with Crippen molar-refractivity contribution in [1.29, 1.82) is 0 Å². The summed E-state index contributed by atoms with van der Waals surface area (Å²) in [5.74, 6) is -2.00. The third-order valence-electron chi connectivity index (χ3n) is 9.65. The second kappa shape index (κ2) is 12.6. The first-order chi connectivity index (χ1) is 20.8. The molecule has 3 aliphatic heterocycles. The summed E-state index contributed by atoms with van der Waals surface area (Å²) >= 11 is 0. The lowest BCUT2D eigenvalue weighted by Gasteiger charge is -2.36. The summed E-state index contributed by atoms with van der Waals surface area (Å²) in [5, 5.41) is 17.8. The number of likely N-dealkylation sites (N-methyl/N-ethyl adjacent to an activating group) is 1. The summed E-state index contributed by atoms with van der Waals surface area (Å²) in [6, 6.07) is 6.67. The Morgan fingerprint density at radius 3 is 2.58 bits per heavy atom. The van der Waals surface area contributed by atoms with E-state index in [-0.39, 0.29) is 37.5 Å². The Kier molecular flexibility index (Phi) is 9.03. The third-order valence-corrected chi connectivity index (χ3v) is 9.65. The number of para-hydroxylation sites is 1. The van der Waals surface area contributed by atoms with Crippen LogP contribution in [0.2, 0.25) is 0 Å². The van der Waals surface area contributed by atoms with Gasteiger partial charge in [0.1, 0.15) is 23.8 Å². The van der Waals surface area contributed by atoms with Gasteiger partial charge >= 0.3 is 0 Å². The molecular weight excluding hydrogens is 548 g/mol. The molecule has 5 atom stereocenters. The lowest BCUT2D eigenvalue weighted by atomic mass is 9.64. The molecule has 5 rings (SSSR count). The number of unbranched alkanes of at least 4 members (excludes halogenated alkanes) is 3. The topological polar surface area (TPSA) is 121 Å². The Hall–Kier alpha value is -3.57. The number of aromatic nitrogens is 3. The van der Waals surface area contributed by atoms with Crippen molar-refractivity contribution in [2.75, 3.05) is 33.3 Å². The van der Waals surface area contributed by atoms with E-state index in [1.807, 2.05) is 31.2 Å². The fraction of sp³-hybridized carbons (Fsp3) is 0.594. The summed E-state index contributed by atoms with van der Waals surface area (Å²) in [5.41, 5.74) is -0.388. The van der Waals surface area contributed by atoms with Gasteiger partial charge in [-0.1, -0.05) is 49.3 Å². The first-order valence-electron chi connectivity index (χ1n) is 15.4. The SMILES string of the molecule is C=CCN(C)C(=O)[C@@H]1[C@H]2C(=O)N(CCCCCCO)C(C(=O)N(CC=C)Cn3nnc4ccccc43)C23CC[C@@]1(CC)O3. The Morgan fingerprint density at radius 1 is 1.12 bits per heavy atom. The summed E-state index contributed by atoms with van der Waals surface area (Å²) < 4.78 is 8.60. The van der Waals surface area contributed by atoms with E-state index in [9.17, 15) is 19.5 Å². The number of benzene rings is 1. The van der Waals surface area contributed by atoms with Crippen LogP contribution in [0.3, 0.4) is 0 Å². The maximum Gasteiger partial charge on any atom is 0.250 e. The van der Waals surface area contributed by atoms with Crippen LogP contribution in [0.15, 0.2) is 49.6 Å². The smallest absolute Gasteiger partial charge is 0.250 e. The average molecular weight is 593 g/mol. The van der Waals surface area contributed by atoms with Crippen LogP contribution in [0.1, 0.15) is 51.9 Å². The monoisotopic (exact) mass is 592 g/mol. The predicted octanol–water partition coefficient (Wildman–Crippen LogP) is 2.76. The van der Waals surface area contributed by atoms with Gasteiger partial charge in [-0.2, -0.15) is 0 Å². The van der Waals surface area contributed by atoms with Gasteiger partial charge < -0.3 is 24.5 Å². The highest BCUT2D eigenvalue weighted by atomic mass is 16.5. The zero-order valence-electron chi connectivity index (χ0n) is 25.4. The van der Waals surface area contributed by atoms with Crippen LogP contribution in [-0.2, 0) is 25.8 Å². The highest BCUT2D eigenvalue weighted by molar-refractivity contribution is 5.99. The molecular formula is C32H44N6O5. The van der Waals surface area contributed by atoms with Gasteiger partial charge in [0, 0.05) is 33.3 Å². The average Bonchev–Trinajstić information content (AvgIpc) is 3.73. The van der Waals surface area contributed by atoms with Crippen LogP contribution in [0.25, 0.3) is 11.0 Å². The summed E-state index contributed by atoms with van der Waals surface area (Å²) in [6.07, 6.45) is 8.05. The van der Waals surface area contributed by atoms with Crippen LogP contribution in [0.4, 0.5) is 0 Å². The highest BCUT2D eigenvalue weighted by Gasteiger charge is 2.78. The number of nitrogens with zero attached hydrogens (tertiary/aromatic N) is 6. The number of carbonyl (C=O) groups is 3. The van der Waals surface area contributed by atoms with Crippen LogP contribution >= 0.6 is 0 Å². The molecule has 11 heteroatoms. The number of hydrogen-bond acceptors (Lipinski definition) is 7. The van der Waals surface area contributed by atoms with Gasteiger partial charge in [0.15, 0.2) is 0 Å². The highest BCUT2D eigenvalue weighted by Crippen LogP contribution is 2.64. The Morgan fingerprint density at radius 2 is 1.86 bits per heavy atom. The van der Waals surface area contributed by atoms with Crippen LogP contribution in [0, 0.1) is 11.8 Å². The molecule has 1 aromatic heterocycles. The van der Waals surface area contributed by atoms with Crippen molar-refractivity contribution in [2.24, 2.45) is 11.8 Å². The summed E-state index contributed by atoms with van der Waals surface area (Å²) in [7, 11) is 1.72. The van der Waals surface area contributed by atoms with E-state index >= 15 is 0 Å². The van der Waals surface area contributed by atoms with Crippen LogP contribution < -0.4 is 0 Å². The molecule has 2 bridgehead atoms. The molecule has 3 aliphatic rings. The van der Waals surface area contributed by atoms with Gasteiger partial charge in [0.25, 0.3) is 0 Å². The van der Waals surface area contributed by atoms with Crippen LogP contribution in [-0.4, -0.2) is 103 Å². The third kappa shape index (κ3) is 5.16. The Labute approximate surface area is 253 Å². The fourth-order valence-electron chi connectivity index (χ4n) is 7.61. The number of rotatable bonds is 15. The minimum atomic E-state index is -1.10. The molecule has 1 N–H and O–H groups in total. The number of likely N-dealkylation sites (tertiary alicyclic amines) is 1. The lowest BCUT2D eigenvalue weighted by molar-refractivity contribution is -0.155. The number of hydrogen-bond donors (Lipinski definition) is 1. The molecule has 3 saturated heterocycles. The molecule has 2 aromatic rings. The molecule has 232 valence electrons. The number of amides is 3. The molecule has 3 fully saturated rings. The molecule has 11 nitrogen and oxygen atoms in total. The van der Waals surface area contributed by atoms with Crippen molar-refractivity contribution in [3.05, 3.63) is 49.6 Å². The molecule has 1 spiro atoms. The van der Waals surface area contributed by atoms with Gasteiger partial charge in [-0.25, -0.2) is 4.68 Å². The predicted molar refractivity (Wildman–Crippen MR) is 161 cm³/mol. The molecule has 43 heavy (non-hydrogen) atoms. The molecule has 3 amide bonds. The van der Waals surface area contributed by atoms with Crippen molar-refractivity contribution < 1.29 is 24.2 Å². The summed E-state index contributed by atoms with van der Waals surface area (Å²) in [4.78, 5) is 48.0. The van der Waals surface area contributed by atoms with E-state index in [1.54, 1.807) is 38.6 Å². The van der Waals surface area contributed by atoms with E-state index in [0.29, 0.717) is 45.2 Å². The first kappa shape index (κ1) is 30.9. The van der Waals surface area contributed by atoms with Crippen molar-refractivity contribution in [3.8, 4) is 0 Å². The van der Waals surface area contributed by atoms with Gasteiger partial charge in [-0.3, -0.25) is 14.4 Å². The minimum absolute atomic E-state index is 0.122. The van der Waals surface area contributed by atoms with Gasteiger partial charge in [0.2, 0.25) is 17.7 Å². The second-order valence-electron chi connectivity index (χ2n) is 12.1. The van der Waals surface area contributed by atoms with E-state index in [4.69, 9.17) is 4.74 Å². The second-order valence-corrected chi connectivity index (χ2v) is 12.1. The van der Waals surface area contributed by atoms with Gasteiger partial charge in [-0.15, -0.1) is 18.3 Å². The zero-order chi connectivity index (χ0) is 30.8. The fourth-order valence-corrected chi connectivity index (χ4v) is 7.61. The molecule has 2 unspecified atom stereocenters. The van der Waals surface area contributed by atoms with Gasteiger partial charge in [0.05, 0.1) is 23.0 Å². The van der Waals surface area contributed by atoms with Gasteiger partial charge in [-0.05, 0) is 44.2 Å². The van der Waals surface area contributed by atoms with Crippen LogP contribution in [0.5, 0.6) is 0 Å². The molecule has 0 saturated carbocycles. The van der Waals surface area contributed by atoms with E-state index in [2.05, 4.69) is 23.5 Å². The Bertz CT molecular complexity index is 1380. The molecule has 4 heterocycles. The lowest BCUT2D eigenvalue weighted by Crippen LogP contribution is -2.56. The number of ether oxygens (including phenoxy) is 1.